The molecule has 0 saturated carbocycles. The number of nitrogens with two attached hydrogens (primary N) is 1. The van der Waals surface area contributed by atoms with Gasteiger partial charge in [0.2, 0.25) is 0 Å². The molecule has 1 atom stereocenters. The van der Waals surface area contributed by atoms with Gasteiger partial charge in [-0.05, 0) is 18.6 Å². The van der Waals surface area contributed by atoms with Crippen LogP contribution < -0.4 is 11.1 Å². The SMILES string of the molecule is Cc1oc2ccccc2c1C(CN)NCc1ccccc1. The lowest BCUT2D eigenvalue weighted by molar-refractivity contribution is 0.515. The first kappa shape index (κ1) is 13.9. The van der Waals surface area contributed by atoms with Gasteiger partial charge in [-0.25, -0.2) is 0 Å². The van der Waals surface area contributed by atoms with Crippen molar-refractivity contribution in [1.82, 2.24) is 5.32 Å². The quantitative estimate of drug-likeness (QED) is 0.751. The van der Waals surface area contributed by atoms with Crippen molar-refractivity contribution in [3.05, 3.63) is 71.5 Å². The lowest BCUT2D eigenvalue weighted by Gasteiger charge is -2.17. The van der Waals surface area contributed by atoms with Gasteiger partial charge in [-0.1, -0.05) is 48.5 Å². The Labute approximate surface area is 124 Å². The highest BCUT2D eigenvalue weighted by molar-refractivity contribution is 5.82. The van der Waals surface area contributed by atoms with E-state index in [0.717, 1.165) is 23.3 Å². The highest BCUT2D eigenvalue weighted by Gasteiger charge is 2.18. The van der Waals surface area contributed by atoms with Gasteiger partial charge in [0.05, 0.1) is 0 Å². The summed E-state index contributed by atoms with van der Waals surface area (Å²) in [6.07, 6.45) is 0. The fourth-order valence-electron chi connectivity index (χ4n) is 2.76. The normalized spacial score (nSPS) is 12.7. The van der Waals surface area contributed by atoms with Gasteiger partial charge in [-0.2, -0.15) is 0 Å². The second kappa shape index (κ2) is 6.12. The van der Waals surface area contributed by atoms with Gasteiger partial charge in [0, 0.05) is 30.1 Å². The van der Waals surface area contributed by atoms with Gasteiger partial charge in [0.25, 0.3) is 0 Å². The standard InChI is InChI=1S/C18H20N2O/c1-13-18(15-9-5-6-10-17(15)21-13)16(11-19)20-12-14-7-3-2-4-8-14/h2-10,16,20H,11-12,19H2,1H3. The van der Waals surface area contributed by atoms with Crippen LogP contribution in [0.25, 0.3) is 11.0 Å². The molecule has 0 bridgehead atoms. The summed E-state index contributed by atoms with van der Waals surface area (Å²) in [7, 11) is 0. The Morgan fingerprint density at radius 3 is 2.52 bits per heavy atom. The molecular weight excluding hydrogens is 260 g/mol. The van der Waals surface area contributed by atoms with Gasteiger partial charge in [-0.3, -0.25) is 0 Å². The van der Waals surface area contributed by atoms with E-state index in [-0.39, 0.29) is 6.04 Å². The Morgan fingerprint density at radius 1 is 1.05 bits per heavy atom. The second-order valence-electron chi connectivity index (χ2n) is 5.22. The number of hydrogen-bond donors (Lipinski definition) is 2. The first-order chi connectivity index (χ1) is 10.3. The Bertz CT molecular complexity index is 718. The van der Waals surface area contributed by atoms with Crippen molar-refractivity contribution in [3.63, 3.8) is 0 Å². The van der Waals surface area contributed by atoms with Crippen molar-refractivity contribution < 1.29 is 4.42 Å². The average molecular weight is 280 g/mol. The number of aryl methyl sites for hydroxylation is 1. The van der Waals surface area contributed by atoms with Crippen molar-refractivity contribution in [1.29, 1.82) is 0 Å². The van der Waals surface area contributed by atoms with Crippen molar-refractivity contribution in [3.8, 4) is 0 Å². The molecule has 3 heteroatoms. The molecule has 3 N–H and O–H groups in total. The molecule has 21 heavy (non-hydrogen) atoms. The molecule has 3 rings (SSSR count). The van der Waals surface area contributed by atoms with Crippen LogP contribution in [0.5, 0.6) is 0 Å². The molecule has 2 aromatic carbocycles. The molecule has 3 aromatic rings. The molecule has 3 nitrogen and oxygen atoms in total. The third-order valence-corrected chi connectivity index (χ3v) is 3.80. The maximum absolute atomic E-state index is 5.98. The summed E-state index contributed by atoms with van der Waals surface area (Å²) in [5, 5.41) is 4.68. The van der Waals surface area contributed by atoms with E-state index in [9.17, 15) is 0 Å². The van der Waals surface area contributed by atoms with E-state index in [1.807, 2.05) is 43.3 Å². The summed E-state index contributed by atoms with van der Waals surface area (Å²) >= 11 is 0. The van der Waals surface area contributed by atoms with Crippen LogP contribution >= 0.6 is 0 Å². The van der Waals surface area contributed by atoms with Crippen LogP contribution in [0, 0.1) is 6.92 Å². The summed E-state index contributed by atoms with van der Waals surface area (Å²) in [5.74, 6) is 0.937. The Morgan fingerprint density at radius 2 is 1.76 bits per heavy atom. The maximum Gasteiger partial charge on any atom is 0.134 e. The predicted octanol–water partition coefficient (Wildman–Crippen LogP) is 3.53. The van der Waals surface area contributed by atoms with Crippen molar-refractivity contribution in [2.75, 3.05) is 6.54 Å². The van der Waals surface area contributed by atoms with Crippen LogP contribution in [-0.4, -0.2) is 6.54 Å². The van der Waals surface area contributed by atoms with Gasteiger partial charge >= 0.3 is 0 Å². The third kappa shape index (κ3) is 2.84. The zero-order valence-corrected chi connectivity index (χ0v) is 12.2. The predicted molar refractivity (Wildman–Crippen MR) is 86.0 cm³/mol. The van der Waals surface area contributed by atoms with Crippen molar-refractivity contribution >= 4 is 11.0 Å². The monoisotopic (exact) mass is 280 g/mol. The highest BCUT2D eigenvalue weighted by Crippen LogP contribution is 2.30. The fraction of sp³-hybridized carbons (Fsp3) is 0.222. The summed E-state index contributed by atoms with van der Waals surface area (Å²) < 4.78 is 5.84. The molecule has 0 spiro atoms. The molecule has 0 saturated heterocycles. The van der Waals surface area contributed by atoms with E-state index in [1.54, 1.807) is 0 Å². The number of fused-ring (bicyclic) bond motifs is 1. The lowest BCUT2D eigenvalue weighted by Crippen LogP contribution is -2.28. The van der Waals surface area contributed by atoms with E-state index < -0.39 is 0 Å². The summed E-state index contributed by atoms with van der Waals surface area (Å²) in [6, 6.07) is 18.5. The van der Waals surface area contributed by atoms with Gasteiger partial charge in [0.1, 0.15) is 11.3 Å². The summed E-state index contributed by atoms with van der Waals surface area (Å²) in [5.41, 5.74) is 9.33. The number of hydrogen-bond acceptors (Lipinski definition) is 3. The molecular formula is C18H20N2O. The van der Waals surface area contributed by atoms with Crippen LogP contribution in [0.1, 0.15) is 22.9 Å². The largest absolute Gasteiger partial charge is 0.461 e. The Hall–Kier alpha value is -2.10. The van der Waals surface area contributed by atoms with E-state index in [4.69, 9.17) is 10.2 Å². The van der Waals surface area contributed by atoms with E-state index >= 15 is 0 Å². The number of rotatable bonds is 5. The van der Waals surface area contributed by atoms with Crippen LogP contribution in [-0.2, 0) is 6.54 Å². The maximum atomic E-state index is 5.98. The number of furan rings is 1. The first-order valence-electron chi connectivity index (χ1n) is 7.25. The Balaban J connectivity index is 1.86. The Kier molecular flexibility index (Phi) is 4.04. The number of para-hydroxylation sites is 1. The first-order valence-corrected chi connectivity index (χ1v) is 7.25. The zero-order chi connectivity index (χ0) is 14.7. The molecule has 0 aliphatic heterocycles. The van der Waals surface area contributed by atoms with Crippen molar-refractivity contribution in [2.45, 2.75) is 19.5 Å². The number of benzene rings is 2. The van der Waals surface area contributed by atoms with Gasteiger partial charge < -0.3 is 15.5 Å². The van der Waals surface area contributed by atoms with Crippen LogP contribution in [0.4, 0.5) is 0 Å². The molecule has 0 fully saturated rings. The molecule has 0 amide bonds. The molecule has 0 aliphatic carbocycles. The molecule has 1 aromatic heterocycles. The molecule has 1 heterocycles. The van der Waals surface area contributed by atoms with E-state index in [1.165, 1.54) is 11.1 Å². The molecule has 108 valence electrons. The zero-order valence-electron chi connectivity index (χ0n) is 12.2. The smallest absolute Gasteiger partial charge is 0.134 e. The fourth-order valence-corrected chi connectivity index (χ4v) is 2.76. The second-order valence-corrected chi connectivity index (χ2v) is 5.22. The average Bonchev–Trinajstić information content (AvgIpc) is 2.86. The molecule has 1 unspecified atom stereocenters. The van der Waals surface area contributed by atoms with Crippen molar-refractivity contribution in [2.24, 2.45) is 5.73 Å². The van der Waals surface area contributed by atoms with Crippen LogP contribution in [0.15, 0.2) is 59.0 Å². The highest BCUT2D eigenvalue weighted by atomic mass is 16.3. The molecule has 0 aliphatic rings. The topological polar surface area (TPSA) is 51.2 Å². The summed E-state index contributed by atoms with van der Waals surface area (Å²) in [4.78, 5) is 0. The van der Waals surface area contributed by atoms with Gasteiger partial charge in [-0.15, -0.1) is 0 Å². The van der Waals surface area contributed by atoms with E-state index in [0.29, 0.717) is 6.54 Å². The molecule has 0 radical (unpaired) electrons. The van der Waals surface area contributed by atoms with Crippen LogP contribution in [0.2, 0.25) is 0 Å². The minimum absolute atomic E-state index is 0.0915. The lowest BCUT2D eigenvalue weighted by atomic mass is 10.0. The van der Waals surface area contributed by atoms with Crippen LogP contribution in [0.3, 0.4) is 0 Å². The third-order valence-electron chi connectivity index (χ3n) is 3.80. The minimum Gasteiger partial charge on any atom is -0.461 e. The van der Waals surface area contributed by atoms with Gasteiger partial charge in [0.15, 0.2) is 0 Å². The number of nitrogens with one attached hydrogen (secondary N) is 1. The minimum atomic E-state index is 0.0915. The van der Waals surface area contributed by atoms with E-state index in [2.05, 4.69) is 23.5 Å². The summed E-state index contributed by atoms with van der Waals surface area (Å²) in [6.45, 7) is 3.33.